The van der Waals surface area contributed by atoms with Gasteiger partial charge in [0.05, 0.1) is 13.2 Å². The highest BCUT2D eigenvalue weighted by atomic mass is 35.5. The Kier molecular flexibility index (Phi) is 9.29. The van der Waals surface area contributed by atoms with Crippen LogP contribution in [0.25, 0.3) is 0 Å². The van der Waals surface area contributed by atoms with Crippen molar-refractivity contribution in [3.8, 4) is 11.5 Å². The van der Waals surface area contributed by atoms with Crippen LogP contribution in [0.5, 0.6) is 11.5 Å². The number of hydrogen-bond donors (Lipinski definition) is 2. The van der Waals surface area contributed by atoms with E-state index in [2.05, 4.69) is 5.32 Å². The number of ether oxygens (including phenoxy) is 2. The van der Waals surface area contributed by atoms with Crippen LogP contribution in [0, 0.1) is 0 Å². The fourth-order valence-corrected chi connectivity index (χ4v) is 3.02. The van der Waals surface area contributed by atoms with Crippen molar-refractivity contribution in [2.45, 2.75) is 19.3 Å². The lowest BCUT2D eigenvalue weighted by Gasteiger charge is -2.17. The second-order valence-corrected chi connectivity index (χ2v) is 6.86. The Labute approximate surface area is 182 Å². The Morgan fingerprint density at radius 3 is 2.38 bits per heavy atom. The first-order valence-electron chi connectivity index (χ1n) is 9.14. The minimum atomic E-state index is -0.565. The maximum Gasteiger partial charge on any atom is 0.166 e. The number of aliphatic hydroxyl groups excluding tert-OH is 1. The SMILES string of the molecule is COc1cccc(CNCC(O)c2ccccc2)c1OCc1ccc(Cl)cc1.Cl. The number of para-hydroxylation sites is 1. The van der Waals surface area contributed by atoms with Crippen LogP contribution in [0.3, 0.4) is 0 Å². The first-order chi connectivity index (χ1) is 13.7. The lowest BCUT2D eigenvalue weighted by atomic mass is 10.1. The van der Waals surface area contributed by atoms with Gasteiger partial charge in [0.25, 0.3) is 0 Å². The van der Waals surface area contributed by atoms with Crippen molar-refractivity contribution in [2.75, 3.05) is 13.7 Å². The van der Waals surface area contributed by atoms with Crippen molar-refractivity contribution in [2.24, 2.45) is 0 Å². The van der Waals surface area contributed by atoms with Gasteiger partial charge in [0.2, 0.25) is 0 Å². The van der Waals surface area contributed by atoms with Gasteiger partial charge in [-0.3, -0.25) is 0 Å². The molecule has 0 aromatic heterocycles. The minimum absolute atomic E-state index is 0. The maximum absolute atomic E-state index is 10.3. The zero-order valence-electron chi connectivity index (χ0n) is 16.2. The average molecular weight is 434 g/mol. The molecule has 29 heavy (non-hydrogen) atoms. The predicted molar refractivity (Wildman–Crippen MR) is 119 cm³/mol. The van der Waals surface area contributed by atoms with Crippen LogP contribution in [0.4, 0.5) is 0 Å². The fraction of sp³-hybridized carbons (Fsp3) is 0.217. The molecular weight excluding hydrogens is 409 g/mol. The van der Waals surface area contributed by atoms with E-state index in [1.54, 1.807) is 7.11 Å². The molecule has 3 aromatic rings. The number of hydrogen-bond acceptors (Lipinski definition) is 4. The highest BCUT2D eigenvalue weighted by Gasteiger charge is 2.12. The maximum atomic E-state index is 10.3. The standard InChI is InChI=1S/C23H24ClNO3.ClH/c1-27-22-9-5-8-19(14-25-15-21(26)18-6-3-2-4-7-18)23(22)28-16-17-10-12-20(24)13-11-17;/h2-13,21,25-26H,14-16H2,1H3;1H. The molecule has 3 aromatic carbocycles. The zero-order valence-corrected chi connectivity index (χ0v) is 17.7. The van der Waals surface area contributed by atoms with Crippen LogP contribution in [0.1, 0.15) is 22.8 Å². The highest BCUT2D eigenvalue weighted by Crippen LogP contribution is 2.32. The van der Waals surface area contributed by atoms with Crippen LogP contribution < -0.4 is 14.8 Å². The van der Waals surface area contributed by atoms with E-state index in [1.807, 2.05) is 72.8 Å². The molecule has 2 N–H and O–H groups in total. The van der Waals surface area contributed by atoms with Crippen LogP contribution in [0.15, 0.2) is 72.8 Å². The summed E-state index contributed by atoms with van der Waals surface area (Å²) in [7, 11) is 1.63. The van der Waals surface area contributed by atoms with Crippen LogP contribution in [-0.4, -0.2) is 18.8 Å². The normalized spacial score (nSPS) is 11.4. The summed E-state index contributed by atoms with van der Waals surface area (Å²) in [4.78, 5) is 0. The number of nitrogens with one attached hydrogen (secondary N) is 1. The molecule has 0 saturated carbocycles. The molecule has 1 unspecified atom stereocenters. The predicted octanol–water partition coefficient (Wildman–Crippen LogP) is 5.17. The molecular formula is C23H25Cl2NO3. The molecule has 0 fully saturated rings. The second kappa shape index (κ2) is 11.7. The summed E-state index contributed by atoms with van der Waals surface area (Å²) < 4.78 is 11.5. The molecule has 4 nitrogen and oxygen atoms in total. The van der Waals surface area contributed by atoms with E-state index in [-0.39, 0.29) is 12.4 Å². The summed E-state index contributed by atoms with van der Waals surface area (Å²) in [5.41, 5.74) is 2.88. The third kappa shape index (κ3) is 6.65. The molecule has 154 valence electrons. The smallest absolute Gasteiger partial charge is 0.166 e. The lowest BCUT2D eigenvalue weighted by molar-refractivity contribution is 0.174. The second-order valence-electron chi connectivity index (χ2n) is 6.42. The topological polar surface area (TPSA) is 50.7 Å². The Morgan fingerprint density at radius 1 is 0.966 bits per heavy atom. The molecule has 0 spiro atoms. The Hall–Kier alpha value is -2.24. The van der Waals surface area contributed by atoms with Crippen molar-refractivity contribution >= 4 is 24.0 Å². The number of halogens is 2. The van der Waals surface area contributed by atoms with Gasteiger partial charge in [-0.05, 0) is 29.3 Å². The van der Waals surface area contributed by atoms with E-state index in [9.17, 15) is 5.11 Å². The van der Waals surface area contributed by atoms with Crippen molar-refractivity contribution in [1.29, 1.82) is 0 Å². The quantitative estimate of drug-likeness (QED) is 0.488. The molecule has 0 radical (unpaired) electrons. The van der Waals surface area contributed by atoms with Crippen molar-refractivity contribution < 1.29 is 14.6 Å². The summed E-state index contributed by atoms with van der Waals surface area (Å²) in [5.74, 6) is 1.37. The first-order valence-corrected chi connectivity index (χ1v) is 9.52. The first kappa shape index (κ1) is 23.0. The molecule has 0 heterocycles. The largest absolute Gasteiger partial charge is 0.493 e. The third-order valence-electron chi connectivity index (χ3n) is 4.41. The summed E-state index contributed by atoms with van der Waals surface area (Å²) >= 11 is 5.94. The highest BCUT2D eigenvalue weighted by molar-refractivity contribution is 6.30. The van der Waals surface area contributed by atoms with E-state index in [1.165, 1.54) is 0 Å². The average Bonchev–Trinajstić information content (AvgIpc) is 2.74. The van der Waals surface area contributed by atoms with Crippen LogP contribution >= 0.6 is 24.0 Å². The van der Waals surface area contributed by atoms with E-state index in [4.69, 9.17) is 21.1 Å². The monoisotopic (exact) mass is 433 g/mol. The summed E-state index contributed by atoms with van der Waals surface area (Å²) in [6, 6.07) is 23.0. The number of rotatable bonds is 9. The van der Waals surface area contributed by atoms with Crippen molar-refractivity contribution in [3.05, 3.63) is 94.5 Å². The third-order valence-corrected chi connectivity index (χ3v) is 4.67. The number of methoxy groups -OCH3 is 1. The zero-order chi connectivity index (χ0) is 19.8. The number of benzene rings is 3. The van der Waals surface area contributed by atoms with Gasteiger partial charge in [-0.15, -0.1) is 12.4 Å². The van der Waals surface area contributed by atoms with E-state index >= 15 is 0 Å². The number of aliphatic hydroxyl groups is 1. The molecule has 0 saturated heterocycles. The molecule has 0 aliphatic carbocycles. The van der Waals surface area contributed by atoms with Gasteiger partial charge in [0, 0.05) is 23.7 Å². The Balaban J connectivity index is 0.00000300. The van der Waals surface area contributed by atoms with Gasteiger partial charge in [0.1, 0.15) is 6.61 Å². The lowest BCUT2D eigenvalue weighted by Crippen LogP contribution is -2.21. The van der Waals surface area contributed by atoms with Gasteiger partial charge < -0.3 is 19.9 Å². The van der Waals surface area contributed by atoms with Gasteiger partial charge in [-0.25, -0.2) is 0 Å². The van der Waals surface area contributed by atoms with E-state index < -0.39 is 6.10 Å². The van der Waals surface area contributed by atoms with Gasteiger partial charge in [0.15, 0.2) is 11.5 Å². The molecule has 1 atom stereocenters. The molecule has 0 bridgehead atoms. The van der Waals surface area contributed by atoms with Gasteiger partial charge in [-0.2, -0.15) is 0 Å². The van der Waals surface area contributed by atoms with Crippen LogP contribution in [-0.2, 0) is 13.2 Å². The van der Waals surface area contributed by atoms with E-state index in [0.29, 0.717) is 36.2 Å². The van der Waals surface area contributed by atoms with Gasteiger partial charge >= 0.3 is 0 Å². The molecule has 0 aliphatic rings. The Morgan fingerprint density at radius 2 is 1.69 bits per heavy atom. The summed E-state index contributed by atoms with van der Waals surface area (Å²) in [6.07, 6.45) is -0.565. The molecule has 0 aliphatic heterocycles. The van der Waals surface area contributed by atoms with Gasteiger partial charge in [-0.1, -0.05) is 66.2 Å². The van der Waals surface area contributed by atoms with Crippen molar-refractivity contribution in [1.82, 2.24) is 5.32 Å². The minimum Gasteiger partial charge on any atom is -0.493 e. The summed E-state index contributed by atoms with van der Waals surface area (Å²) in [6.45, 7) is 1.41. The van der Waals surface area contributed by atoms with Crippen molar-refractivity contribution in [3.63, 3.8) is 0 Å². The fourth-order valence-electron chi connectivity index (χ4n) is 2.90. The van der Waals surface area contributed by atoms with E-state index in [0.717, 1.165) is 16.7 Å². The van der Waals surface area contributed by atoms with Crippen LogP contribution in [0.2, 0.25) is 5.02 Å². The summed E-state index contributed by atoms with van der Waals surface area (Å²) in [5, 5.41) is 14.3. The molecule has 6 heteroatoms. The molecule has 3 rings (SSSR count). The Bertz CT molecular complexity index is 873. The molecule has 0 amide bonds.